The van der Waals surface area contributed by atoms with Crippen molar-refractivity contribution in [1.82, 2.24) is 0 Å². The molecule has 0 amide bonds. The van der Waals surface area contributed by atoms with Crippen molar-refractivity contribution in [3.05, 3.63) is 82.9 Å². The summed E-state index contributed by atoms with van der Waals surface area (Å²) in [4.78, 5) is 11.7. The van der Waals surface area contributed by atoms with E-state index in [2.05, 4.69) is 4.74 Å². The normalized spacial score (nSPS) is 12.1. The van der Waals surface area contributed by atoms with Crippen molar-refractivity contribution in [2.75, 3.05) is 7.11 Å². The Labute approximate surface area is 183 Å². The first-order valence-electron chi connectivity index (χ1n) is 9.51. The molecule has 0 aliphatic rings. The number of carbonyl (C=O) groups is 1. The third-order valence-electron chi connectivity index (χ3n) is 4.70. The minimum absolute atomic E-state index is 0.242. The number of methoxy groups -OCH3 is 1. The van der Waals surface area contributed by atoms with Crippen molar-refractivity contribution in [1.29, 1.82) is 0 Å². The monoisotopic (exact) mass is 448 g/mol. The van der Waals surface area contributed by atoms with Gasteiger partial charge in [-0.3, -0.25) is 0 Å². The molecule has 0 N–H and O–H groups in total. The number of hydrogen-bond acceptors (Lipinski definition) is 3. The van der Waals surface area contributed by atoms with Crippen LogP contribution in [0.1, 0.15) is 24.0 Å². The Morgan fingerprint density at radius 3 is 2.48 bits per heavy atom. The van der Waals surface area contributed by atoms with E-state index in [9.17, 15) is 18.0 Å². The lowest BCUT2D eigenvalue weighted by Crippen LogP contribution is -2.08. The van der Waals surface area contributed by atoms with Gasteiger partial charge < -0.3 is 9.47 Å². The maximum absolute atomic E-state index is 12.7. The van der Waals surface area contributed by atoms with E-state index in [1.807, 2.05) is 30.3 Å². The zero-order valence-electron chi connectivity index (χ0n) is 16.7. The molecule has 0 spiro atoms. The van der Waals surface area contributed by atoms with E-state index in [0.29, 0.717) is 28.3 Å². The molecule has 3 aromatic rings. The quantitative estimate of drug-likeness (QED) is 0.289. The van der Waals surface area contributed by atoms with Crippen molar-refractivity contribution in [3.8, 4) is 5.75 Å². The molecular weight excluding hydrogens is 429 g/mol. The molecule has 162 valence electrons. The van der Waals surface area contributed by atoms with Crippen molar-refractivity contribution in [2.24, 2.45) is 0 Å². The summed E-state index contributed by atoms with van der Waals surface area (Å²) in [6.45, 7) is 0.355. The zero-order chi connectivity index (χ0) is 22.4. The first-order valence-corrected chi connectivity index (χ1v) is 9.89. The lowest BCUT2D eigenvalue weighted by atomic mass is 9.97. The highest BCUT2D eigenvalue weighted by Crippen LogP contribution is 2.36. The molecule has 0 fully saturated rings. The van der Waals surface area contributed by atoms with Crippen LogP contribution in [0.4, 0.5) is 13.2 Å². The number of esters is 1. The lowest BCUT2D eigenvalue weighted by molar-refractivity contribution is -0.135. The minimum Gasteiger partial charge on any atom is -0.487 e. The van der Waals surface area contributed by atoms with Gasteiger partial charge in [0, 0.05) is 17.9 Å². The predicted octanol–water partition coefficient (Wildman–Crippen LogP) is 6.97. The SMILES string of the molecule is COC(=O)C=C(CCC(F)(F)F)c1ccc2c(Cl)c(OCc3ccccc3)ccc2c1. The number of fused-ring (bicyclic) bond motifs is 1. The molecule has 0 saturated carbocycles. The molecule has 0 unspecified atom stereocenters. The fourth-order valence-corrected chi connectivity index (χ4v) is 3.39. The Morgan fingerprint density at radius 1 is 1.06 bits per heavy atom. The molecular formula is C24H20ClF3O3. The topological polar surface area (TPSA) is 35.5 Å². The summed E-state index contributed by atoms with van der Waals surface area (Å²) in [5.41, 5.74) is 1.74. The number of hydrogen-bond donors (Lipinski definition) is 0. The number of carbonyl (C=O) groups excluding carboxylic acids is 1. The molecule has 0 aliphatic carbocycles. The number of halogens is 4. The zero-order valence-corrected chi connectivity index (χ0v) is 17.5. The van der Waals surface area contributed by atoms with E-state index in [-0.39, 0.29) is 12.0 Å². The van der Waals surface area contributed by atoms with Crippen LogP contribution in [-0.2, 0) is 16.1 Å². The average Bonchev–Trinajstić information content (AvgIpc) is 2.76. The first-order chi connectivity index (χ1) is 14.8. The fourth-order valence-electron chi connectivity index (χ4n) is 3.10. The van der Waals surface area contributed by atoms with Crippen LogP contribution in [0.3, 0.4) is 0 Å². The molecule has 0 radical (unpaired) electrons. The Morgan fingerprint density at radius 2 is 1.81 bits per heavy atom. The van der Waals surface area contributed by atoms with Crippen molar-refractivity contribution < 1.29 is 27.4 Å². The molecule has 0 aliphatic heterocycles. The summed E-state index contributed by atoms with van der Waals surface area (Å²) < 4.78 is 48.6. The fraction of sp³-hybridized carbons (Fsp3) is 0.208. The van der Waals surface area contributed by atoms with Crippen molar-refractivity contribution in [2.45, 2.75) is 25.6 Å². The van der Waals surface area contributed by atoms with Crippen molar-refractivity contribution in [3.63, 3.8) is 0 Å². The first kappa shape index (κ1) is 22.7. The predicted molar refractivity (Wildman–Crippen MR) is 115 cm³/mol. The van der Waals surface area contributed by atoms with Gasteiger partial charge in [0.25, 0.3) is 0 Å². The molecule has 0 bridgehead atoms. The standard InChI is InChI=1S/C24H20ClF3O3/c1-30-22(29)14-18(11-12-24(26,27)28)17-7-9-20-19(13-17)8-10-21(23(20)25)31-15-16-5-3-2-4-6-16/h2-10,13-14H,11-12,15H2,1H3. The second-order valence-corrected chi connectivity index (χ2v) is 7.27. The minimum atomic E-state index is -4.33. The van der Waals surface area contributed by atoms with E-state index in [1.54, 1.807) is 30.3 Å². The van der Waals surface area contributed by atoms with Gasteiger partial charge in [0.1, 0.15) is 12.4 Å². The average molecular weight is 449 g/mol. The molecule has 31 heavy (non-hydrogen) atoms. The highest BCUT2D eigenvalue weighted by molar-refractivity contribution is 6.37. The van der Waals surface area contributed by atoms with Crippen LogP contribution in [0.25, 0.3) is 16.3 Å². The highest BCUT2D eigenvalue weighted by Gasteiger charge is 2.27. The van der Waals surface area contributed by atoms with Crippen molar-refractivity contribution >= 4 is 33.9 Å². The van der Waals surface area contributed by atoms with Gasteiger partial charge >= 0.3 is 12.1 Å². The third kappa shape index (κ3) is 6.25. The molecule has 0 heterocycles. The molecule has 3 nitrogen and oxygen atoms in total. The molecule has 3 aromatic carbocycles. The molecule has 0 saturated heterocycles. The maximum atomic E-state index is 12.7. The van der Waals surface area contributed by atoms with Crippen LogP contribution >= 0.6 is 11.6 Å². The Balaban J connectivity index is 1.88. The molecule has 0 aromatic heterocycles. The Kier molecular flexibility index (Phi) is 7.23. The molecule has 7 heteroatoms. The lowest BCUT2D eigenvalue weighted by Gasteiger charge is -2.13. The summed E-state index contributed by atoms with van der Waals surface area (Å²) in [5, 5.41) is 1.83. The Bertz CT molecular complexity index is 1090. The highest BCUT2D eigenvalue weighted by atomic mass is 35.5. The summed E-state index contributed by atoms with van der Waals surface area (Å²) in [5.74, 6) is -0.201. The second kappa shape index (κ2) is 9.88. The van der Waals surface area contributed by atoms with Gasteiger partial charge in [-0.1, -0.05) is 60.1 Å². The summed E-state index contributed by atoms with van der Waals surface area (Å²) in [6.07, 6.45) is -4.62. The van der Waals surface area contributed by atoms with E-state index >= 15 is 0 Å². The van der Waals surface area contributed by atoms with Gasteiger partial charge in [0.2, 0.25) is 0 Å². The number of ether oxygens (including phenoxy) is 2. The third-order valence-corrected chi connectivity index (χ3v) is 5.09. The number of alkyl halides is 3. The summed E-state index contributed by atoms with van der Waals surface area (Å²) in [6, 6.07) is 18.2. The van der Waals surface area contributed by atoms with Gasteiger partial charge in [-0.05, 0) is 40.6 Å². The van der Waals surface area contributed by atoms with E-state index in [4.69, 9.17) is 16.3 Å². The van der Waals surface area contributed by atoms with Crippen LogP contribution in [-0.4, -0.2) is 19.3 Å². The van der Waals surface area contributed by atoms with Crippen LogP contribution < -0.4 is 4.74 Å². The number of benzene rings is 3. The van der Waals surface area contributed by atoms with Crippen LogP contribution in [0.5, 0.6) is 5.75 Å². The second-order valence-electron chi connectivity index (χ2n) is 6.90. The summed E-state index contributed by atoms with van der Waals surface area (Å²) in [7, 11) is 1.18. The van der Waals surface area contributed by atoms with Crippen LogP contribution in [0, 0.1) is 0 Å². The number of allylic oxidation sites excluding steroid dienone is 1. The van der Waals surface area contributed by atoms with E-state index in [0.717, 1.165) is 17.0 Å². The number of rotatable bonds is 7. The maximum Gasteiger partial charge on any atom is 0.389 e. The Hall–Kier alpha value is -2.99. The van der Waals surface area contributed by atoms with Gasteiger partial charge in [-0.2, -0.15) is 13.2 Å². The van der Waals surface area contributed by atoms with Gasteiger partial charge in [-0.25, -0.2) is 4.79 Å². The van der Waals surface area contributed by atoms with Gasteiger partial charge in [0.05, 0.1) is 12.1 Å². The smallest absolute Gasteiger partial charge is 0.389 e. The van der Waals surface area contributed by atoms with E-state index in [1.165, 1.54) is 7.11 Å². The molecule has 0 atom stereocenters. The summed E-state index contributed by atoms with van der Waals surface area (Å²) >= 11 is 6.51. The largest absolute Gasteiger partial charge is 0.487 e. The van der Waals surface area contributed by atoms with Crippen LogP contribution in [0.15, 0.2) is 66.7 Å². The van der Waals surface area contributed by atoms with Gasteiger partial charge in [0.15, 0.2) is 0 Å². The van der Waals surface area contributed by atoms with Gasteiger partial charge in [-0.15, -0.1) is 0 Å². The molecule has 3 rings (SSSR count). The van der Waals surface area contributed by atoms with Crippen LogP contribution in [0.2, 0.25) is 5.02 Å². The van der Waals surface area contributed by atoms with E-state index < -0.39 is 18.6 Å².